The quantitative estimate of drug-likeness (QED) is 0.507. The van der Waals surface area contributed by atoms with Gasteiger partial charge in [-0.05, 0) is 63.9 Å². The van der Waals surface area contributed by atoms with E-state index in [1.54, 1.807) is 23.1 Å². The van der Waals surface area contributed by atoms with Crippen molar-refractivity contribution in [1.29, 1.82) is 0 Å². The van der Waals surface area contributed by atoms with Gasteiger partial charge in [-0.1, -0.05) is 37.3 Å². The van der Waals surface area contributed by atoms with E-state index in [1.807, 2.05) is 51.2 Å². The maximum Gasteiger partial charge on any atom is 0.258 e. The van der Waals surface area contributed by atoms with Crippen LogP contribution < -0.4 is 15.4 Å². The SMILES string of the molecule is CNC[C@H]1OCCCC[C@H](C)Oc2ccc(NC(=O)Cc3ccccc3)cc2C(=O)N([C@H](C)CO)C[C@@H]1C. The minimum Gasteiger partial charge on any atom is -0.490 e. The number of benzene rings is 2. The molecular weight excluding hydrogens is 482 g/mol. The highest BCUT2D eigenvalue weighted by Gasteiger charge is 2.29. The summed E-state index contributed by atoms with van der Waals surface area (Å²) >= 11 is 0. The van der Waals surface area contributed by atoms with E-state index in [2.05, 4.69) is 17.6 Å². The van der Waals surface area contributed by atoms with Crippen molar-refractivity contribution in [2.24, 2.45) is 5.92 Å². The zero-order valence-corrected chi connectivity index (χ0v) is 23.1. The minimum atomic E-state index is -0.408. The standard InChI is InChI=1S/C30H43N3O5/c1-21-19-33(22(2)20-34)30(36)26-17-25(32-29(35)16-24-11-6-5-7-12-24)13-14-27(26)38-23(3)10-8-9-15-37-28(21)18-31-4/h5-7,11-14,17,21-23,28,31,34H,8-10,15-16,18-20H2,1-4H3,(H,32,35)/t21-,22+,23-,28+/m0/s1. The Bertz CT molecular complexity index is 1030. The number of likely N-dealkylation sites (N-methyl/N-ethyl adjacent to an activating group) is 1. The fraction of sp³-hybridized carbons (Fsp3) is 0.533. The van der Waals surface area contributed by atoms with Crippen molar-refractivity contribution in [3.05, 3.63) is 59.7 Å². The van der Waals surface area contributed by atoms with E-state index in [0.717, 1.165) is 24.8 Å². The van der Waals surface area contributed by atoms with Gasteiger partial charge in [-0.15, -0.1) is 0 Å². The predicted molar refractivity (Wildman–Crippen MR) is 150 cm³/mol. The van der Waals surface area contributed by atoms with Crippen LogP contribution >= 0.6 is 0 Å². The lowest BCUT2D eigenvalue weighted by Gasteiger charge is -2.34. The van der Waals surface area contributed by atoms with Crippen LogP contribution in [-0.4, -0.2) is 73.4 Å². The molecule has 0 saturated heterocycles. The first-order valence-electron chi connectivity index (χ1n) is 13.6. The van der Waals surface area contributed by atoms with Crippen LogP contribution in [0.15, 0.2) is 48.5 Å². The molecule has 4 atom stereocenters. The van der Waals surface area contributed by atoms with E-state index < -0.39 is 6.04 Å². The first-order valence-corrected chi connectivity index (χ1v) is 13.6. The molecule has 2 amide bonds. The van der Waals surface area contributed by atoms with E-state index in [9.17, 15) is 14.7 Å². The van der Waals surface area contributed by atoms with Crippen LogP contribution in [0, 0.1) is 5.92 Å². The molecule has 0 aliphatic carbocycles. The fourth-order valence-electron chi connectivity index (χ4n) is 4.68. The van der Waals surface area contributed by atoms with Gasteiger partial charge in [0.15, 0.2) is 0 Å². The number of anilines is 1. The van der Waals surface area contributed by atoms with E-state index in [4.69, 9.17) is 9.47 Å². The summed E-state index contributed by atoms with van der Waals surface area (Å²) < 4.78 is 12.4. The molecule has 2 aromatic rings. The maximum atomic E-state index is 14.0. The lowest BCUT2D eigenvalue weighted by Crippen LogP contribution is -2.47. The molecular formula is C30H43N3O5. The number of nitrogens with zero attached hydrogens (tertiary/aromatic N) is 1. The molecule has 208 valence electrons. The van der Waals surface area contributed by atoms with E-state index >= 15 is 0 Å². The van der Waals surface area contributed by atoms with Gasteiger partial charge in [0, 0.05) is 31.3 Å². The lowest BCUT2D eigenvalue weighted by atomic mass is 10.0. The number of hydrogen-bond acceptors (Lipinski definition) is 6. The Hall–Kier alpha value is -2.94. The summed E-state index contributed by atoms with van der Waals surface area (Å²) in [5.74, 6) is 0.0897. The number of rotatable bonds is 7. The number of nitrogens with one attached hydrogen (secondary N) is 2. The summed E-state index contributed by atoms with van der Waals surface area (Å²) in [4.78, 5) is 28.4. The third-order valence-corrected chi connectivity index (χ3v) is 6.95. The number of ether oxygens (including phenoxy) is 2. The molecule has 0 spiro atoms. The highest BCUT2D eigenvalue weighted by Crippen LogP contribution is 2.28. The first-order chi connectivity index (χ1) is 18.3. The number of aliphatic hydroxyl groups is 1. The Kier molecular flexibility index (Phi) is 11.6. The van der Waals surface area contributed by atoms with Crippen molar-refractivity contribution in [1.82, 2.24) is 10.2 Å². The topological polar surface area (TPSA) is 100 Å². The molecule has 0 bridgehead atoms. The molecule has 1 aliphatic rings. The second-order valence-corrected chi connectivity index (χ2v) is 10.3. The van der Waals surface area contributed by atoms with Crippen molar-refractivity contribution in [2.75, 3.05) is 38.7 Å². The van der Waals surface area contributed by atoms with Crippen LogP contribution in [0.2, 0.25) is 0 Å². The second-order valence-electron chi connectivity index (χ2n) is 10.3. The van der Waals surface area contributed by atoms with E-state index in [0.29, 0.717) is 36.7 Å². The Morgan fingerprint density at radius 1 is 1.16 bits per heavy atom. The monoisotopic (exact) mass is 525 g/mol. The molecule has 8 nitrogen and oxygen atoms in total. The van der Waals surface area contributed by atoms with Gasteiger partial charge >= 0.3 is 0 Å². The molecule has 1 heterocycles. The fourth-order valence-corrected chi connectivity index (χ4v) is 4.68. The zero-order valence-electron chi connectivity index (χ0n) is 23.1. The number of fused-ring (bicyclic) bond motifs is 1. The molecule has 8 heteroatoms. The number of hydrogen-bond donors (Lipinski definition) is 3. The molecule has 2 aromatic carbocycles. The Labute approximate surface area is 226 Å². The van der Waals surface area contributed by atoms with Gasteiger partial charge in [-0.3, -0.25) is 9.59 Å². The normalized spacial score (nSPS) is 22.1. The summed E-state index contributed by atoms with van der Waals surface area (Å²) in [5.41, 5.74) is 1.80. The lowest BCUT2D eigenvalue weighted by molar-refractivity contribution is -0.115. The van der Waals surface area contributed by atoms with Crippen LogP contribution in [0.25, 0.3) is 0 Å². The summed E-state index contributed by atoms with van der Waals surface area (Å²) in [5, 5.41) is 16.1. The number of amides is 2. The zero-order chi connectivity index (χ0) is 27.5. The van der Waals surface area contributed by atoms with Crippen molar-refractivity contribution in [3.8, 4) is 5.75 Å². The number of carbonyl (C=O) groups excluding carboxylic acids is 2. The minimum absolute atomic E-state index is 0.0281. The van der Waals surface area contributed by atoms with Crippen LogP contribution in [0.1, 0.15) is 56.0 Å². The summed E-state index contributed by atoms with van der Waals surface area (Å²) in [6.45, 7) is 7.45. The van der Waals surface area contributed by atoms with Gasteiger partial charge in [0.1, 0.15) is 5.75 Å². The van der Waals surface area contributed by atoms with Gasteiger partial charge in [0.25, 0.3) is 5.91 Å². The van der Waals surface area contributed by atoms with Crippen molar-refractivity contribution < 1.29 is 24.2 Å². The largest absolute Gasteiger partial charge is 0.490 e. The number of aliphatic hydroxyl groups excluding tert-OH is 1. The molecule has 0 radical (unpaired) electrons. The number of carbonyl (C=O) groups is 2. The van der Waals surface area contributed by atoms with Crippen LogP contribution in [0.4, 0.5) is 5.69 Å². The van der Waals surface area contributed by atoms with Crippen molar-refractivity contribution in [2.45, 2.75) is 64.7 Å². The molecule has 3 N–H and O–H groups in total. The van der Waals surface area contributed by atoms with Crippen molar-refractivity contribution >= 4 is 17.5 Å². The smallest absolute Gasteiger partial charge is 0.258 e. The third kappa shape index (κ3) is 8.55. The molecule has 1 aliphatic heterocycles. The van der Waals surface area contributed by atoms with Gasteiger partial charge < -0.3 is 30.1 Å². The predicted octanol–water partition coefficient (Wildman–Crippen LogP) is 3.88. The van der Waals surface area contributed by atoms with Crippen LogP contribution in [-0.2, 0) is 16.0 Å². The van der Waals surface area contributed by atoms with Crippen molar-refractivity contribution in [3.63, 3.8) is 0 Å². The van der Waals surface area contributed by atoms with Crippen LogP contribution in [0.3, 0.4) is 0 Å². The average Bonchev–Trinajstić information content (AvgIpc) is 2.90. The highest BCUT2D eigenvalue weighted by atomic mass is 16.5. The van der Waals surface area contributed by atoms with E-state index in [1.165, 1.54) is 0 Å². The van der Waals surface area contributed by atoms with Gasteiger partial charge in [-0.2, -0.15) is 0 Å². The Balaban J connectivity index is 1.93. The average molecular weight is 526 g/mol. The van der Waals surface area contributed by atoms with Gasteiger partial charge in [0.2, 0.25) is 5.91 Å². The maximum absolute atomic E-state index is 14.0. The Morgan fingerprint density at radius 3 is 2.63 bits per heavy atom. The summed E-state index contributed by atoms with van der Waals surface area (Å²) in [7, 11) is 1.89. The molecule has 0 aromatic heterocycles. The molecule has 0 fully saturated rings. The van der Waals surface area contributed by atoms with Crippen LogP contribution in [0.5, 0.6) is 5.75 Å². The second kappa shape index (κ2) is 14.9. The highest BCUT2D eigenvalue weighted by molar-refractivity contribution is 6.00. The van der Waals surface area contributed by atoms with Gasteiger partial charge in [-0.25, -0.2) is 0 Å². The summed E-state index contributed by atoms with van der Waals surface area (Å²) in [6.07, 6.45) is 2.77. The van der Waals surface area contributed by atoms with E-state index in [-0.39, 0.29) is 43.0 Å². The molecule has 0 unspecified atom stereocenters. The Morgan fingerprint density at radius 2 is 1.92 bits per heavy atom. The molecule has 0 saturated carbocycles. The summed E-state index contributed by atoms with van der Waals surface area (Å²) in [6, 6.07) is 14.3. The third-order valence-electron chi connectivity index (χ3n) is 6.95. The van der Waals surface area contributed by atoms with Gasteiger partial charge in [0.05, 0.1) is 36.8 Å². The first kappa shape index (κ1) is 29.6. The molecule has 38 heavy (non-hydrogen) atoms. The molecule has 3 rings (SSSR count).